The van der Waals surface area contributed by atoms with Crippen LogP contribution in [0.15, 0.2) is 36.4 Å². The van der Waals surface area contributed by atoms with Gasteiger partial charge in [0.2, 0.25) is 5.36 Å². The molecule has 2 aromatic rings. The highest BCUT2D eigenvalue weighted by atomic mass is 32.2. The zero-order chi connectivity index (χ0) is 36.7. The summed E-state index contributed by atoms with van der Waals surface area (Å²) in [4.78, 5) is 13.4. The normalized spacial score (nSPS) is 19.0. The lowest BCUT2D eigenvalue weighted by atomic mass is 9.87. The number of benzene rings is 2. The molecule has 0 unspecified atom stereocenters. The Labute approximate surface area is 287 Å². The van der Waals surface area contributed by atoms with Crippen LogP contribution in [0.4, 0.5) is 5.69 Å². The van der Waals surface area contributed by atoms with Crippen LogP contribution in [-0.4, -0.2) is 93.1 Å². The van der Waals surface area contributed by atoms with Gasteiger partial charge in [-0.05, 0) is 82.9 Å². The summed E-state index contributed by atoms with van der Waals surface area (Å²) in [5.41, 5.74) is 1.26. The van der Waals surface area contributed by atoms with E-state index < -0.39 is 72.9 Å². The Morgan fingerprint density at radius 2 is 1.41 bits per heavy atom. The van der Waals surface area contributed by atoms with E-state index >= 15 is 0 Å². The minimum absolute atomic E-state index is 0.0641. The fourth-order valence-electron chi connectivity index (χ4n) is 7.42. The molecule has 0 spiro atoms. The van der Waals surface area contributed by atoms with Crippen LogP contribution in [0.2, 0.25) is 13.1 Å². The minimum atomic E-state index is -4.52. The van der Waals surface area contributed by atoms with Crippen LogP contribution in [0.3, 0.4) is 0 Å². The van der Waals surface area contributed by atoms with E-state index in [1.807, 2.05) is 43.0 Å². The summed E-state index contributed by atoms with van der Waals surface area (Å²) in [6.45, 7) is 11.7. The van der Waals surface area contributed by atoms with E-state index in [4.69, 9.17) is 0 Å². The molecule has 0 aromatic heterocycles. The predicted octanol–water partition coefficient (Wildman–Crippen LogP) is 0.786. The number of anilines is 1. The molecule has 3 heterocycles. The molecule has 0 atom stereocenters. The van der Waals surface area contributed by atoms with Crippen molar-refractivity contribution < 1.29 is 48.8 Å². The van der Waals surface area contributed by atoms with E-state index in [0.717, 1.165) is 21.2 Å². The maximum Gasteiger partial charge on any atom is 0.326 e. The molecular weight excluding hydrogens is 713 g/mol. The first-order valence-electron chi connectivity index (χ1n) is 15.5. The van der Waals surface area contributed by atoms with Gasteiger partial charge in [0, 0.05) is 44.1 Å². The SMILES string of the molecule is CC1(C)C=C(CS(=O)(=O)O)c2cc3c(cc2N1CCCC(=O)O)[Si](C)(C)c1cc2c(cc1=C3)C(CS(=O)(=O)O)=CC(C)(C)[N+]=2CS(=O)(=O)O. The van der Waals surface area contributed by atoms with Crippen molar-refractivity contribution in [2.75, 3.05) is 28.8 Å². The first kappa shape index (κ1) is 37.1. The Hall–Kier alpha value is -3.19. The summed E-state index contributed by atoms with van der Waals surface area (Å²) < 4.78 is 104. The van der Waals surface area contributed by atoms with E-state index in [1.165, 1.54) is 4.58 Å². The van der Waals surface area contributed by atoms with Crippen molar-refractivity contribution in [3.05, 3.63) is 63.7 Å². The molecule has 3 aliphatic rings. The fraction of sp³-hybridized carbons (Fsp3) is 0.438. The number of nitrogens with zero attached hydrogens (tertiary/aromatic N) is 2. The van der Waals surface area contributed by atoms with Gasteiger partial charge in [-0.2, -0.15) is 25.3 Å². The van der Waals surface area contributed by atoms with Crippen molar-refractivity contribution >= 4 is 77.7 Å². The Kier molecular flexibility index (Phi) is 9.05. The van der Waals surface area contributed by atoms with Gasteiger partial charge in [-0.25, -0.2) is 4.58 Å². The Morgan fingerprint density at radius 3 is 1.96 bits per heavy atom. The molecule has 2 aromatic carbocycles. The van der Waals surface area contributed by atoms with Gasteiger partial charge in [0.05, 0.1) is 11.1 Å². The van der Waals surface area contributed by atoms with Crippen molar-refractivity contribution in [2.24, 2.45) is 0 Å². The second-order valence-corrected chi connectivity index (χ2v) is 23.2. The summed E-state index contributed by atoms with van der Waals surface area (Å²) in [5, 5.41) is 12.3. The third-order valence-corrected chi connectivity index (χ3v) is 14.9. The van der Waals surface area contributed by atoms with Crippen LogP contribution < -0.4 is 30.4 Å². The predicted molar refractivity (Wildman–Crippen MR) is 191 cm³/mol. The second-order valence-electron chi connectivity index (χ2n) is 14.6. The lowest BCUT2D eigenvalue weighted by Crippen LogP contribution is -2.64. The van der Waals surface area contributed by atoms with Crippen LogP contribution in [0, 0.1) is 0 Å². The van der Waals surface area contributed by atoms with Crippen LogP contribution in [-0.2, 0) is 35.1 Å². The highest BCUT2D eigenvalue weighted by Gasteiger charge is 2.42. The third kappa shape index (κ3) is 7.62. The lowest BCUT2D eigenvalue weighted by Gasteiger charge is -2.45. The average molecular weight is 754 g/mol. The number of fused-ring (bicyclic) bond motifs is 4. The number of carbonyl (C=O) groups is 1. The van der Waals surface area contributed by atoms with Crippen LogP contribution in [0.1, 0.15) is 57.2 Å². The lowest BCUT2D eigenvalue weighted by molar-refractivity contribution is -0.137. The van der Waals surface area contributed by atoms with Gasteiger partial charge in [-0.3, -0.25) is 18.5 Å². The highest BCUT2D eigenvalue weighted by Crippen LogP contribution is 2.40. The van der Waals surface area contributed by atoms with Crippen molar-refractivity contribution in [1.82, 2.24) is 4.58 Å². The highest BCUT2D eigenvalue weighted by molar-refractivity contribution is 7.86. The quantitative estimate of drug-likeness (QED) is 0.151. The number of hydrogen-bond donors (Lipinski definition) is 4. The van der Waals surface area contributed by atoms with E-state index in [0.29, 0.717) is 40.7 Å². The van der Waals surface area contributed by atoms with E-state index in [9.17, 15) is 48.8 Å². The molecule has 0 fully saturated rings. The van der Waals surface area contributed by atoms with Crippen molar-refractivity contribution in [1.29, 1.82) is 0 Å². The summed E-state index contributed by atoms with van der Waals surface area (Å²) >= 11 is 0. The molecule has 4 N–H and O–H groups in total. The largest absolute Gasteiger partial charge is 0.481 e. The number of carboxylic acid groups (broad SMARTS) is 1. The second kappa shape index (κ2) is 12.0. The number of hydrogen-bond acceptors (Lipinski definition) is 8. The first-order valence-corrected chi connectivity index (χ1v) is 23.3. The third-order valence-electron chi connectivity index (χ3n) is 9.45. The van der Waals surface area contributed by atoms with Gasteiger partial charge in [-0.15, -0.1) is 0 Å². The Balaban J connectivity index is 1.82. The maximum atomic E-state index is 12.2. The average Bonchev–Trinajstić information content (AvgIpc) is 2.89. The van der Waals surface area contributed by atoms with Gasteiger partial charge >= 0.3 is 16.1 Å². The molecule has 17 heteroatoms. The molecule has 266 valence electrons. The first-order chi connectivity index (χ1) is 22.2. The molecule has 3 aliphatic heterocycles. The zero-order valence-electron chi connectivity index (χ0n) is 28.0. The molecule has 0 aliphatic carbocycles. The smallest absolute Gasteiger partial charge is 0.326 e. The van der Waals surface area contributed by atoms with Gasteiger partial charge < -0.3 is 10.0 Å². The van der Waals surface area contributed by atoms with E-state index in [-0.39, 0.29) is 12.0 Å². The topological polar surface area (TPSA) is 207 Å². The summed E-state index contributed by atoms with van der Waals surface area (Å²) in [6.07, 6.45) is 5.48. The number of carboxylic acids is 1. The molecular formula is C32H41N2O11S3Si+. The minimum Gasteiger partial charge on any atom is -0.481 e. The molecule has 0 bridgehead atoms. The van der Waals surface area contributed by atoms with Crippen LogP contribution in [0.5, 0.6) is 0 Å². The molecule has 0 radical (unpaired) electrons. The van der Waals surface area contributed by atoms with Crippen molar-refractivity contribution in [3.63, 3.8) is 0 Å². The molecule has 0 saturated heterocycles. The molecule has 49 heavy (non-hydrogen) atoms. The van der Waals surface area contributed by atoms with Crippen LogP contribution >= 0.6 is 0 Å². The van der Waals surface area contributed by atoms with E-state index in [2.05, 4.69) is 13.1 Å². The monoisotopic (exact) mass is 753 g/mol. The number of aliphatic carboxylic acids is 1. The summed E-state index contributed by atoms with van der Waals surface area (Å²) in [7, 11) is -16.1. The Morgan fingerprint density at radius 1 is 0.816 bits per heavy atom. The molecule has 0 amide bonds. The standard InChI is InChI=1S/C32H40N2O11S3Si/c1-31(2)15-22(17-46(37,38)39)24-11-20-10-21-12-25-23(18-47(40,41)42)16-32(3,4)34(19-48(43,44)45)27(25)14-29(21)49(5,6)28(20)13-26(24)33(31)9-7-8-30(35)36/h10-16H,7-9,17-19H2,1-6H3,(H3-,35,36,37,38,39,40,41,42,43,44,45)/p+1. The van der Waals surface area contributed by atoms with Crippen LogP contribution in [0.25, 0.3) is 17.2 Å². The van der Waals surface area contributed by atoms with Gasteiger partial charge in [0.15, 0.2) is 5.54 Å². The van der Waals surface area contributed by atoms with Crippen molar-refractivity contribution in [3.8, 4) is 0 Å². The number of rotatable bonds is 10. The molecule has 5 rings (SSSR count). The Bertz CT molecular complexity index is 2330. The zero-order valence-corrected chi connectivity index (χ0v) is 31.5. The molecule has 0 saturated carbocycles. The van der Waals surface area contributed by atoms with E-state index in [1.54, 1.807) is 32.1 Å². The molecule has 13 nitrogen and oxygen atoms in total. The van der Waals surface area contributed by atoms with Gasteiger partial charge in [0.1, 0.15) is 19.6 Å². The van der Waals surface area contributed by atoms with Gasteiger partial charge in [-0.1, -0.05) is 19.2 Å². The fourth-order valence-corrected chi connectivity index (χ4v) is 12.5. The maximum absolute atomic E-state index is 12.2. The summed E-state index contributed by atoms with van der Waals surface area (Å²) in [5.74, 6) is -3.05. The van der Waals surface area contributed by atoms with Gasteiger partial charge in [0.25, 0.3) is 26.1 Å². The summed E-state index contributed by atoms with van der Waals surface area (Å²) in [6, 6.07) is 7.44. The van der Waals surface area contributed by atoms with Crippen molar-refractivity contribution in [2.45, 2.75) is 64.7 Å².